The average Bonchev–Trinajstić information content (AvgIpc) is 2.22. The van der Waals surface area contributed by atoms with Crippen LogP contribution in [-0.2, 0) is 28.7 Å². The van der Waals surface area contributed by atoms with Gasteiger partial charge in [-0.15, -0.1) is 0 Å². The third kappa shape index (κ3) is 5.86. The summed E-state index contributed by atoms with van der Waals surface area (Å²) in [7, 11) is 0.560. The molecule has 0 bridgehead atoms. The number of hydrogen-bond acceptors (Lipinski definition) is 7. The van der Waals surface area contributed by atoms with E-state index in [1.807, 2.05) is 0 Å². The van der Waals surface area contributed by atoms with E-state index >= 15 is 0 Å². The Labute approximate surface area is 113 Å². The van der Waals surface area contributed by atoms with Gasteiger partial charge in [0.1, 0.15) is 0 Å². The molecule has 0 radical (unpaired) electrons. The molecule has 0 aliphatic rings. The molecule has 0 spiro atoms. The molecule has 1 N–H and O–H groups in total. The Bertz CT molecular complexity index is 361. The molecule has 0 aliphatic heterocycles. The second kappa shape index (κ2) is 7.48. The molecule has 0 aromatic rings. The Kier molecular flexibility index (Phi) is 6.26. The molecule has 9 heteroatoms. The summed E-state index contributed by atoms with van der Waals surface area (Å²) < 4.78 is 16.0. The first-order valence-corrected chi connectivity index (χ1v) is 7.55. The molecule has 98 valence electrons. The van der Waals surface area contributed by atoms with Crippen molar-refractivity contribution in [1.29, 1.82) is 0.594 Å². The third-order valence-electron chi connectivity index (χ3n) is 1.41. The van der Waals surface area contributed by atoms with E-state index in [0.717, 1.165) is 13.8 Å². The van der Waals surface area contributed by atoms with E-state index in [4.69, 9.17) is 5.70 Å². The van der Waals surface area contributed by atoms with E-state index < -0.39 is 56.2 Å². The van der Waals surface area contributed by atoms with E-state index in [1.54, 1.807) is 0 Å². The Morgan fingerprint density at radius 1 is 1.18 bits per heavy atom. The fourth-order valence-electron chi connectivity index (χ4n) is 0.877. The number of aliphatic carboxylic acids is 1. The molecule has 0 saturated carbocycles. The van der Waals surface area contributed by atoms with Gasteiger partial charge in [-0.05, 0) is 0 Å². The number of carboxylic acids is 1. The van der Waals surface area contributed by atoms with Gasteiger partial charge in [-0.3, -0.25) is 0 Å². The second-order valence-electron chi connectivity index (χ2n) is 2.79. The van der Waals surface area contributed by atoms with Crippen LogP contribution >= 0.6 is 8.93 Å². The molecule has 0 fully saturated rings. The van der Waals surface area contributed by atoms with E-state index in [1.165, 1.54) is 0 Å². The van der Waals surface area contributed by atoms with Crippen molar-refractivity contribution in [1.82, 2.24) is 0 Å². The molecule has 0 aromatic carbocycles. The molecule has 0 heterocycles. The van der Waals surface area contributed by atoms with Gasteiger partial charge in [0.25, 0.3) is 0 Å². The number of carboxylic acid groups (broad SMARTS) is 1. The number of ether oxygens (including phenoxy) is 2. The monoisotopic (exact) mass is 379 g/mol. The summed E-state index contributed by atoms with van der Waals surface area (Å²) in [5.74, 6) is -3.40. The first-order chi connectivity index (χ1) is 8.29. The summed E-state index contributed by atoms with van der Waals surface area (Å²) in [4.78, 5) is 44.0. The Morgan fingerprint density at radius 2 is 1.65 bits per heavy atom. The van der Waals surface area contributed by atoms with Gasteiger partial charge in [-0.1, -0.05) is 0 Å². The number of hydrogen-bond donors (Lipinski definition) is 1. The summed E-state index contributed by atoms with van der Waals surface area (Å²) in [6.45, 7) is 1.96. The molecule has 0 saturated heterocycles. The summed E-state index contributed by atoms with van der Waals surface area (Å²) in [5.41, 5.74) is 0. The molecule has 0 unspecified atom stereocenters. The van der Waals surface area contributed by atoms with Gasteiger partial charge in [0, 0.05) is 0 Å². The van der Waals surface area contributed by atoms with Crippen molar-refractivity contribution in [3.05, 3.63) is 0 Å². The van der Waals surface area contributed by atoms with Crippen LogP contribution in [-0.4, -0.2) is 40.9 Å². The molecule has 0 rings (SSSR count). The summed E-state index contributed by atoms with van der Waals surface area (Å²) in [6, 6.07) is 0. The van der Waals surface area contributed by atoms with Crippen LogP contribution in [0, 0.1) is 0 Å². The summed E-state index contributed by atoms with van der Waals surface area (Å²) in [5, 5.41) is 8.04. The predicted molar refractivity (Wildman–Crippen MR) is 52.7 cm³/mol. The van der Waals surface area contributed by atoms with Crippen LogP contribution in [0.15, 0.2) is 0 Å². The van der Waals surface area contributed by atoms with Crippen molar-refractivity contribution >= 4 is 32.0 Å². The quantitative estimate of drug-likeness (QED) is 0.373. The Balaban J connectivity index is 5.08. The van der Waals surface area contributed by atoms with Gasteiger partial charge in [0.15, 0.2) is 0 Å². The van der Waals surface area contributed by atoms with Gasteiger partial charge in [-0.2, -0.15) is 0 Å². The number of carbonyl (C=O) groups excluding carboxylic acids is 3. The van der Waals surface area contributed by atoms with Crippen molar-refractivity contribution in [3.63, 3.8) is 0 Å². The van der Waals surface area contributed by atoms with Gasteiger partial charge >= 0.3 is 113 Å². The Morgan fingerprint density at radius 3 is 2.00 bits per heavy atom. The standard InChI is InChI=1S/C8H10IO7S/c1-3(10)15-5(7(12)13)6(8(14)17-9)16-4(2)11/h5-6,9H,1-2H3,(H,12,13)/q-1/t5-,6-/m1/s1/i9T. The first-order valence-electron chi connectivity index (χ1n) is 4.57. The summed E-state index contributed by atoms with van der Waals surface area (Å²) >= 11 is -1.27. The normalized spacial score (nSPS) is 14.4. The number of rotatable bonds is 6. The fraction of sp³-hybridized carbons (Fsp3) is 0.500. The number of carbonyl (C=O) groups is 4. The van der Waals surface area contributed by atoms with Crippen LogP contribution < -0.4 is 21.0 Å². The van der Waals surface area contributed by atoms with E-state index in [2.05, 4.69) is 9.47 Å². The van der Waals surface area contributed by atoms with Gasteiger partial charge in [0.2, 0.25) is 0 Å². The zero-order chi connectivity index (χ0) is 14.3. The van der Waals surface area contributed by atoms with Crippen LogP contribution in [0.5, 0.6) is 0 Å². The van der Waals surface area contributed by atoms with Crippen molar-refractivity contribution in [2.45, 2.75) is 26.1 Å². The van der Waals surface area contributed by atoms with Gasteiger partial charge in [0.05, 0.1) is 0 Å². The van der Waals surface area contributed by atoms with Gasteiger partial charge in [-0.25, -0.2) is 0 Å². The topological polar surface area (TPSA) is 107 Å². The number of esters is 2. The van der Waals surface area contributed by atoms with Crippen LogP contribution in [0.1, 0.15) is 13.8 Å². The Hall–Kier alpha value is -0.840. The fourth-order valence-corrected chi connectivity index (χ4v) is 1.89. The summed E-state index contributed by atoms with van der Waals surface area (Å²) in [6.07, 6.45) is -3.64. The van der Waals surface area contributed by atoms with Crippen LogP contribution in [0.25, 0.3) is 0 Å². The van der Waals surface area contributed by atoms with E-state index in [9.17, 15) is 19.2 Å². The van der Waals surface area contributed by atoms with E-state index in [0.29, 0.717) is 8.93 Å². The average molecular weight is 379 g/mol. The minimum absolute atomic E-state index is 0.560. The predicted octanol–water partition coefficient (Wildman–Crippen LogP) is -3.61. The van der Waals surface area contributed by atoms with Crippen molar-refractivity contribution in [2.75, 3.05) is 0 Å². The molecular weight excluding hydrogens is 367 g/mol. The van der Waals surface area contributed by atoms with Crippen molar-refractivity contribution in [2.24, 2.45) is 0 Å². The first kappa shape index (κ1) is 14.2. The number of halogens is 1. The maximum absolute atomic E-state index is 11.5. The molecule has 0 amide bonds. The van der Waals surface area contributed by atoms with Crippen molar-refractivity contribution < 1.29 is 54.8 Å². The van der Waals surface area contributed by atoms with Crippen LogP contribution in [0.3, 0.4) is 0 Å². The molecule has 0 aromatic heterocycles. The van der Waals surface area contributed by atoms with Crippen LogP contribution in [0.2, 0.25) is 0 Å². The molecule has 2 atom stereocenters. The zero-order valence-corrected chi connectivity index (χ0v) is 11.8. The third-order valence-corrected chi connectivity index (χ3v) is 3.10. The zero-order valence-electron chi connectivity index (χ0n) is 9.84. The molecule has 0 aliphatic carbocycles. The molecule has 7 nitrogen and oxygen atoms in total. The second-order valence-corrected chi connectivity index (χ2v) is 4.67. The van der Waals surface area contributed by atoms with E-state index in [-0.39, 0.29) is 0 Å². The maximum atomic E-state index is 11.5. The van der Waals surface area contributed by atoms with Gasteiger partial charge < -0.3 is 0 Å². The molecular formula is C8H10IO7S-. The van der Waals surface area contributed by atoms with Crippen LogP contribution in [0.4, 0.5) is 0 Å². The minimum atomic E-state index is -1.90. The van der Waals surface area contributed by atoms with Crippen molar-refractivity contribution in [3.8, 4) is 0 Å². The SMILES string of the molecule is [3H][I-]SC(=O)[C@H](OC(C)=O)[C@@H](OC(C)=O)C(=O)O. The molecule has 17 heavy (non-hydrogen) atoms.